The second-order valence-electron chi connectivity index (χ2n) is 4.00. The van der Waals surface area contributed by atoms with Gasteiger partial charge in [-0.3, -0.25) is 9.59 Å². The number of esters is 2. The summed E-state index contributed by atoms with van der Waals surface area (Å²) in [6.07, 6.45) is -0.304. The fraction of sp³-hybridized carbons (Fsp3) is 0.429. The van der Waals surface area contributed by atoms with Crippen molar-refractivity contribution in [1.82, 2.24) is 0 Å². The number of ether oxygens (including phenoxy) is 2. The molecule has 0 aliphatic heterocycles. The molecule has 0 spiro atoms. The first-order chi connectivity index (χ1) is 9.49. The number of halogens is 2. The van der Waals surface area contributed by atoms with Gasteiger partial charge in [-0.1, -0.05) is 0 Å². The Morgan fingerprint density at radius 2 is 1.65 bits per heavy atom. The van der Waals surface area contributed by atoms with Gasteiger partial charge in [-0.2, -0.15) is 0 Å². The van der Waals surface area contributed by atoms with Crippen LogP contribution in [0, 0.1) is 17.6 Å². The third-order valence-electron chi connectivity index (χ3n) is 2.57. The molecule has 20 heavy (non-hydrogen) atoms. The zero-order chi connectivity index (χ0) is 15.1. The average molecular weight is 286 g/mol. The van der Waals surface area contributed by atoms with Gasteiger partial charge in [-0.15, -0.1) is 0 Å². The van der Waals surface area contributed by atoms with Crippen molar-refractivity contribution < 1.29 is 27.8 Å². The topological polar surface area (TPSA) is 52.6 Å². The molecule has 0 heterocycles. The smallest absolute Gasteiger partial charge is 0.320 e. The summed E-state index contributed by atoms with van der Waals surface area (Å²) in [5.41, 5.74) is -0.0730. The molecule has 0 amide bonds. The molecule has 4 nitrogen and oxygen atoms in total. The summed E-state index contributed by atoms with van der Waals surface area (Å²) in [7, 11) is 0. The molecule has 0 atom stereocenters. The fourth-order valence-electron chi connectivity index (χ4n) is 1.67. The highest BCUT2D eigenvalue weighted by Crippen LogP contribution is 2.17. The van der Waals surface area contributed by atoms with E-state index in [0.29, 0.717) is 0 Å². The lowest BCUT2D eigenvalue weighted by molar-refractivity contribution is -0.161. The Labute approximate surface area is 115 Å². The Balaban J connectivity index is 2.96. The second kappa shape index (κ2) is 7.57. The standard InChI is InChI=1S/C14H16F2O4/c1-3-19-13(17)11(14(18)20-4-2)8-9-7-10(15)5-6-12(9)16/h5-7,11H,3-4,8H2,1-2H3. The van der Waals surface area contributed by atoms with Crippen LogP contribution in [0.15, 0.2) is 18.2 Å². The lowest BCUT2D eigenvalue weighted by Crippen LogP contribution is -2.30. The molecule has 0 N–H and O–H groups in total. The first-order valence-corrected chi connectivity index (χ1v) is 6.26. The maximum absolute atomic E-state index is 13.6. The quantitative estimate of drug-likeness (QED) is 0.594. The minimum absolute atomic E-state index is 0.0730. The maximum Gasteiger partial charge on any atom is 0.320 e. The van der Waals surface area contributed by atoms with E-state index in [1.54, 1.807) is 13.8 Å². The van der Waals surface area contributed by atoms with E-state index in [9.17, 15) is 18.4 Å². The van der Waals surface area contributed by atoms with E-state index in [2.05, 4.69) is 0 Å². The van der Waals surface area contributed by atoms with E-state index in [-0.39, 0.29) is 25.2 Å². The molecule has 0 aliphatic carbocycles. The highest BCUT2D eigenvalue weighted by atomic mass is 19.1. The summed E-state index contributed by atoms with van der Waals surface area (Å²) < 4.78 is 36.2. The van der Waals surface area contributed by atoms with Crippen molar-refractivity contribution in [2.45, 2.75) is 20.3 Å². The van der Waals surface area contributed by atoms with E-state index in [1.807, 2.05) is 0 Å². The van der Waals surface area contributed by atoms with Crippen LogP contribution in [0.1, 0.15) is 19.4 Å². The lowest BCUT2D eigenvalue weighted by Gasteiger charge is -2.14. The van der Waals surface area contributed by atoms with Gasteiger partial charge in [0, 0.05) is 0 Å². The number of rotatable bonds is 6. The first-order valence-electron chi connectivity index (χ1n) is 6.26. The summed E-state index contributed by atoms with van der Waals surface area (Å²) in [4.78, 5) is 23.4. The zero-order valence-corrected chi connectivity index (χ0v) is 11.3. The average Bonchev–Trinajstić information content (AvgIpc) is 2.40. The van der Waals surface area contributed by atoms with E-state index in [1.165, 1.54) is 0 Å². The predicted octanol–water partition coefficient (Wildman–Crippen LogP) is 2.25. The number of hydrogen-bond donors (Lipinski definition) is 0. The predicted molar refractivity (Wildman–Crippen MR) is 66.8 cm³/mol. The van der Waals surface area contributed by atoms with Crippen LogP contribution in [0.3, 0.4) is 0 Å². The van der Waals surface area contributed by atoms with Crippen LogP contribution in [0.4, 0.5) is 8.78 Å². The van der Waals surface area contributed by atoms with Crippen molar-refractivity contribution in [2.24, 2.45) is 5.92 Å². The first kappa shape index (κ1) is 16.1. The Kier molecular flexibility index (Phi) is 6.09. The van der Waals surface area contributed by atoms with Crippen LogP contribution >= 0.6 is 0 Å². The molecule has 1 aromatic rings. The molecule has 6 heteroatoms. The van der Waals surface area contributed by atoms with Gasteiger partial charge in [-0.25, -0.2) is 8.78 Å². The number of hydrogen-bond acceptors (Lipinski definition) is 4. The Hall–Kier alpha value is -1.98. The molecule has 0 saturated heterocycles. The van der Waals surface area contributed by atoms with Gasteiger partial charge in [0.25, 0.3) is 0 Å². The molecular formula is C14H16F2O4. The van der Waals surface area contributed by atoms with Crippen molar-refractivity contribution in [3.8, 4) is 0 Å². The van der Waals surface area contributed by atoms with Gasteiger partial charge < -0.3 is 9.47 Å². The van der Waals surface area contributed by atoms with Gasteiger partial charge in [0.1, 0.15) is 11.6 Å². The molecule has 0 unspecified atom stereocenters. The van der Waals surface area contributed by atoms with Crippen molar-refractivity contribution >= 4 is 11.9 Å². The van der Waals surface area contributed by atoms with Gasteiger partial charge in [0.15, 0.2) is 5.92 Å². The SMILES string of the molecule is CCOC(=O)C(Cc1cc(F)ccc1F)C(=O)OCC. The molecule has 1 rings (SSSR count). The van der Waals surface area contributed by atoms with E-state index in [4.69, 9.17) is 9.47 Å². The van der Waals surface area contributed by atoms with Gasteiger partial charge in [0.05, 0.1) is 13.2 Å². The normalized spacial score (nSPS) is 10.4. The van der Waals surface area contributed by atoms with E-state index < -0.39 is 29.5 Å². The highest BCUT2D eigenvalue weighted by molar-refractivity contribution is 5.95. The van der Waals surface area contributed by atoms with Crippen molar-refractivity contribution in [3.05, 3.63) is 35.4 Å². The van der Waals surface area contributed by atoms with Crippen LogP contribution in [-0.2, 0) is 25.5 Å². The Morgan fingerprint density at radius 1 is 1.10 bits per heavy atom. The molecule has 0 aliphatic rings. The molecule has 1 aromatic carbocycles. The summed E-state index contributed by atoms with van der Waals surface area (Å²) >= 11 is 0. The lowest BCUT2D eigenvalue weighted by atomic mass is 9.99. The monoisotopic (exact) mass is 286 g/mol. The molecular weight excluding hydrogens is 270 g/mol. The molecule has 0 bridgehead atoms. The second-order valence-corrected chi connectivity index (χ2v) is 4.00. The van der Waals surface area contributed by atoms with E-state index in [0.717, 1.165) is 18.2 Å². The highest BCUT2D eigenvalue weighted by Gasteiger charge is 2.30. The number of carbonyl (C=O) groups is 2. The third kappa shape index (κ3) is 4.29. The van der Waals surface area contributed by atoms with Crippen LogP contribution in [-0.4, -0.2) is 25.2 Å². The Morgan fingerprint density at radius 3 is 2.15 bits per heavy atom. The largest absolute Gasteiger partial charge is 0.465 e. The van der Waals surface area contributed by atoms with Crippen molar-refractivity contribution in [2.75, 3.05) is 13.2 Å². The maximum atomic E-state index is 13.6. The molecule has 0 radical (unpaired) electrons. The van der Waals surface area contributed by atoms with E-state index >= 15 is 0 Å². The number of carbonyl (C=O) groups excluding carboxylic acids is 2. The van der Waals surface area contributed by atoms with Crippen LogP contribution in [0.2, 0.25) is 0 Å². The van der Waals surface area contributed by atoms with Gasteiger partial charge in [-0.05, 0) is 44.0 Å². The van der Waals surface area contributed by atoms with Gasteiger partial charge in [0.2, 0.25) is 0 Å². The van der Waals surface area contributed by atoms with Crippen molar-refractivity contribution in [1.29, 1.82) is 0 Å². The number of benzene rings is 1. The van der Waals surface area contributed by atoms with Crippen molar-refractivity contribution in [3.63, 3.8) is 0 Å². The van der Waals surface area contributed by atoms with Gasteiger partial charge >= 0.3 is 11.9 Å². The molecule has 0 aromatic heterocycles. The third-order valence-corrected chi connectivity index (χ3v) is 2.57. The summed E-state index contributed by atoms with van der Waals surface area (Å²) in [5, 5.41) is 0. The molecule has 110 valence electrons. The minimum atomic E-state index is -1.30. The summed E-state index contributed by atoms with van der Waals surface area (Å²) in [6, 6.07) is 2.85. The fourth-order valence-corrected chi connectivity index (χ4v) is 1.67. The zero-order valence-electron chi connectivity index (χ0n) is 11.3. The van der Waals surface area contributed by atoms with Crippen LogP contribution in [0.25, 0.3) is 0 Å². The minimum Gasteiger partial charge on any atom is -0.465 e. The van der Waals surface area contributed by atoms with Crippen LogP contribution in [0.5, 0.6) is 0 Å². The summed E-state index contributed by atoms with van der Waals surface area (Å²) in [5.74, 6) is -4.26. The Bertz CT molecular complexity index is 470. The van der Waals surface area contributed by atoms with Crippen LogP contribution < -0.4 is 0 Å². The summed E-state index contributed by atoms with van der Waals surface area (Å²) in [6.45, 7) is 3.34. The molecule has 0 fully saturated rings. The molecule has 0 saturated carbocycles.